The largest absolute Gasteiger partial charge is 0.399 e. The number of aliphatic hydroxyl groups excluding tert-OH is 2. The maximum absolute atomic E-state index is 11.2. The number of methoxy groups -OCH3 is 2. The zero-order chi connectivity index (χ0) is 49.0. The summed E-state index contributed by atoms with van der Waals surface area (Å²) in [6.07, 6.45) is 3.34. The van der Waals surface area contributed by atoms with Crippen LogP contribution in [0.3, 0.4) is 0 Å². The maximum Gasteiger partial charge on any atom is 0.262 e. The fraction of sp³-hybridized carbons (Fsp3) is 0.500. The highest BCUT2D eigenvalue weighted by Crippen LogP contribution is 2.42. The summed E-state index contributed by atoms with van der Waals surface area (Å²) in [5, 5.41) is 25.5. The molecule has 1 saturated heterocycles. The van der Waals surface area contributed by atoms with Gasteiger partial charge in [-0.2, -0.15) is 0 Å². The molecule has 11 heteroatoms. The van der Waals surface area contributed by atoms with Crippen LogP contribution in [0.2, 0.25) is 33.7 Å². The number of rotatable bonds is 22. The normalized spacial score (nSPS) is 21.9. The van der Waals surface area contributed by atoms with E-state index >= 15 is 0 Å². The van der Waals surface area contributed by atoms with Crippen molar-refractivity contribution in [3.63, 3.8) is 0 Å². The lowest BCUT2D eigenvalue weighted by Gasteiger charge is -2.51. The molecule has 4 aromatic rings. The molecule has 4 aromatic carbocycles. The molecule has 1 aliphatic rings. The van der Waals surface area contributed by atoms with Gasteiger partial charge in [0.25, 0.3) is 16.6 Å². The highest BCUT2D eigenvalue weighted by molar-refractivity contribution is 7.00. The van der Waals surface area contributed by atoms with Gasteiger partial charge in [-0.3, -0.25) is 0 Å². The predicted octanol–water partition coefficient (Wildman–Crippen LogP) is 9.40. The molecule has 5 unspecified atom stereocenters. The number of benzene rings is 4. The van der Waals surface area contributed by atoms with Crippen LogP contribution in [0.15, 0.2) is 146 Å². The minimum absolute atomic E-state index is 0.104. The molecule has 1 fully saturated rings. The Balaban J connectivity index is 1.64. The van der Waals surface area contributed by atoms with Gasteiger partial charge in [-0.25, -0.2) is 0 Å². The van der Waals surface area contributed by atoms with Crippen molar-refractivity contribution in [3.8, 4) is 0 Å². The summed E-state index contributed by atoms with van der Waals surface area (Å²) in [4.78, 5) is 0. The second-order valence-electron chi connectivity index (χ2n) is 20.4. The van der Waals surface area contributed by atoms with Crippen molar-refractivity contribution in [2.45, 2.75) is 159 Å². The molecule has 9 atom stereocenters. The van der Waals surface area contributed by atoms with E-state index in [1.165, 1.54) is 0 Å². The van der Waals surface area contributed by atoms with Crippen LogP contribution in [0.1, 0.15) is 76.2 Å². The van der Waals surface area contributed by atoms with E-state index in [2.05, 4.69) is 203 Å². The van der Waals surface area contributed by atoms with Crippen LogP contribution < -0.4 is 20.7 Å². The van der Waals surface area contributed by atoms with Crippen molar-refractivity contribution in [2.24, 2.45) is 0 Å². The van der Waals surface area contributed by atoms with Crippen LogP contribution in [0.25, 0.3) is 0 Å². The molecule has 366 valence electrons. The van der Waals surface area contributed by atoms with Gasteiger partial charge in [0.15, 0.2) is 6.29 Å². The van der Waals surface area contributed by atoms with Gasteiger partial charge in [0.05, 0.1) is 39.1 Å². The van der Waals surface area contributed by atoms with E-state index in [1.54, 1.807) is 14.2 Å². The molecule has 0 saturated carbocycles. The lowest BCUT2D eigenvalue weighted by atomic mass is 9.99. The second kappa shape index (κ2) is 24.0. The number of hydrogen-bond donors (Lipinski definition) is 2. The molecular weight excluding hydrogens is 885 g/mol. The van der Waals surface area contributed by atoms with E-state index in [4.69, 9.17) is 27.8 Å². The first-order valence-corrected chi connectivity index (χ1v) is 31.0. The fourth-order valence-electron chi connectivity index (χ4n) is 10.8. The third kappa shape index (κ3) is 11.7. The number of allylic oxidation sites excluding steroid dienone is 2. The van der Waals surface area contributed by atoms with Crippen LogP contribution >= 0.6 is 0 Å². The Bertz CT molecular complexity index is 2020. The van der Waals surface area contributed by atoms with Gasteiger partial charge >= 0.3 is 0 Å². The van der Waals surface area contributed by atoms with Gasteiger partial charge < -0.3 is 38.0 Å². The van der Waals surface area contributed by atoms with Crippen LogP contribution in [-0.2, 0) is 27.8 Å². The van der Waals surface area contributed by atoms with Crippen molar-refractivity contribution in [1.29, 1.82) is 0 Å². The molecular formula is C56H82O8Si3. The van der Waals surface area contributed by atoms with Crippen molar-refractivity contribution in [1.82, 2.24) is 0 Å². The van der Waals surface area contributed by atoms with Crippen molar-refractivity contribution >= 4 is 45.5 Å². The summed E-state index contributed by atoms with van der Waals surface area (Å²) in [5.41, 5.74) is -0.104. The molecule has 0 spiro atoms. The van der Waals surface area contributed by atoms with Gasteiger partial charge in [-0.15, -0.1) is 0 Å². The molecule has 67 heavy (non-hydrogen) atoms. The van der Waals surface area contributed by atoms with E-state index in [-0.39, 0.29) is 22.2 Å². The van der Waals surface area contributed by atoms with E-state index in [1.807, 2.05) is 19.1 Å². The summed E-state index contributed by atoms with van der Waals surface area (Å²) >= 11 is 0. The van der Waals surface area contributed by atoms with Crippen LogP contribution in [0.4, 0.5) is 0 Å². The molecule has 5 rings (SSSR count). The van der Waals surface area contributed by atoms with E-state index in [0.29, 0.717) is 0 Å². The van der Waals surface area contributed by atoms with Crippen molar-refractivity contribution in [2.75, 3.05) is 20.8 Å². The molecule has 1 aliphatic heterocycles. The van der Waals surface area contributed by atoms with Crippen LogP contribution in [0, 0.1) is 0 Å². The number of ether oxygens (including phenoxy) is 4. The number of aliphatic hydroxyl groups is 2. The third-order valence-electron chi connectivity index (χ3n) is 14.7. The first kappa shape index (κ1) is 54.6. The van der Waals surface area contributed by atoms with Gasteiger partial charge in [0.2, 0.25) is 0 Å². The molecule has 0 bridgehead atoms. The molecule has 1 heterocycles. The summed E-state index contributed by atoms with van der Waals surface area (Å²) in [6.45, 7) is 24.2. The molecule has 8 nitrogen and oxygen atoms in total. The monoisotopic (exact) mass is 967 g/mol. The van der Waals surface area contributed by atoms with Crippen molar-refractivity contribution < 1.29 is 38.0 Å². The van der Waals surface area contributed by atoms with Crippen LogP contribution in [-0.4, -0.2) is 105 Å². The quantitative estimate of drug-likeness (QED) is 0.0595. The Kier molecular flexibility index (Phi) is 19.6. The summed E-state index contributed by atoms with van der Waals surface area (Å²) in [7, 11) is -4.76. The van der Waals surface area contributed by atoms with E-state index in [0.717, 1.165) is 38.9 Å². The Labute approximate surface area is 407 Å². The average Bonchev–Trinajstić information content (AvgIpc) is 3.33. The van der Waals surface area contributed by atoms with Gasteiger partial charge in [0, 0.05) is 19.8 Å². The third-order valence-corrected chi connectivity index (χ3v) is 31.0. The first-order valence-electron chi connectivity index (χ1n) is 24.5. The molecule has 0 aliphatic carbocycles. The first-order chi connectivity index (χ1) is 31.9. The topological polar surface area (TPSA) is 95.8 Å². The SMILES string of the molecule is CC[Si](CC)(CC)[C@@H](/C=C/C=C/[C@H](O[Si](c1ccccc1)(c1ccccc1)C(C)(C)C)[C@H](C)OC1OC(C)C(OC)C(O[Si](c2ccccc2)(c2ccccc2)C(C)(C)C)C1OC)[C@@H](O)CO. The lowest BCUT2D eigenvalue weighted by Crippen LogP contribution is -2.72. The molecule has 0 amide bonds. The van der Waals surface area contributed by atoms with Gasteiger partial charge in [0.1, 0.15) is 18.3 Å². The van der Waals surface area contributed by atoms with E-state index in [9.17, 15) is 10.2 Å². The zero-order valence-corrected chi connectivity index (χ0v) is 45.7. The van der Waals surface area contributed by atoms with Gasteiger partial charge in [-0.05, 0) is 44.7 Å². The maximum atomic E-state index is 11.2. The Morgan fingerprint density at radius 2 is 1.01 bits per heavy atom. The molecule has 0 radical (unpaired) electrons. The average molecular weight is 968 g/mol. The minimum Gasteiger partial charge on any atom is -0.399 e. The smallest absolute Gasteiger partial charge is 0.262 e. The molecule has 0 aromatic heterocycles. The summed E-state index contributed by atoms with van der Waals surface area (Å²) in [5.74, 6) is 0. The fourth-order valence-corrected chi connectivity index (χ4v) is 24.6. The molecule has 2 N–H and O–H groups in total. The summed E-state index contributed by atoms with van der Waals surface area (Å²) in [6, 6.07) is 45.6. The Morgan fingerprint density at radius 3 is 1.39 bits per heavy atom. The Morgan fingerprint density at radius 1 is 0.612 bits per heavy atom. The summed E-state index contributed by atoms with van der Waals surface area (Å²) < 4.78 is 42.5. The standard InChI is InChI=1S/C56H82O8Si3/c1-14-65(15-2,16-3)50(48(58)41-57)40-30-29-39-49(63-66(55(6,7)8,44-31-21-17-22-32-44)45-33-23-18-24-34-45)42(4)61-54-53(60-13)52(51(59-12)43(5)62-54)64-67(56(9,10)11,46-35-25-19-26-36-46)47-37-27-20-28-38-47/h17-40,42-43,48-54,57-58H,14-16,41H2,1-13H3/b39-29+,40-30+/t42-,43?,48-,49-,50-,51?,52?,53?,54?/m0/s1. The lowest BCUT2D eigenvalue weighted by molar-refractivity contribution is -0.311. The predicted molar refractivity (Wildman–Crippen MR) is 284 cm³/mol. The van der Waals surface area contributed by atoms with Crippen molar-refractivity contribution in [3.05, 3.63) is 146 Å². The number of hydrogen-bond acceptors (Lipinski definition) is 8. The second-order valence-corrected chi connectivity index (χ2v) is 34.4. The van der Waals surface area contributed by atoms with Crippen LogP contribution in [0.5, 0.6) is 0 Å². The van der Waals surface area contributed by atoms with E-state index < -0.39 is 73.7 Å². The highest BCUT2D eigenvalue weighted by atomic mass is 28.4. The minimum atomic E-state index is -3.12. The Hall–Kier alpha value is -3.31. The highest BCUT2D eigenvalue weighted by Gasteiger charge is 2.57. The van der Waals surface area contributed by atoms with Gasteiger partial charge in [-0.1, -0.05) is 226 Å². The zero-order valence-electron chi connectivity index (χ0n) is 42.7.